The Labute approximate surface area is 140 Å². The molecule has 3 aromatic rings. The maximum atomic E-state index is 13.2. The molecule has 0 fully saturated rings. The molecule has 0 unspecified atom stereocenters. The molecule has 24 heavy (non-hydrogen) atoms. The standard InChI is InChI=1S/C16H14FN3O3S/c1-2-23-14(21)7-11-8-24-16(18-11)20-15(22)13-6-9-5-10(17)3-4-12(9)19-13/h3-6,8,19H,2,7H2,1H3,(H,18,20,22). The molecule has 0 saturated heterocycles. The lowest BCUT2D eigenvalue weighted by Crippen LogP contribution is -2.12. The van der Waals surface area contributed by atoms with Gasteiger partial charge in [-0.05, 0) is 31.2 Å². The average Bonchev–Trinajstić information content (AvgIpc) is 3.13. The molecular weight excluding hydrogens is 333 g/mol. The van der Waals surface area contributed by atoms with Crippen LogP contribution in [0.5, 0.6) is 0 Å². The topological polar surface area (TPSA) is 84.1 Å². The lowest BCUT2D eigenvalue weighted by atomic mass is 10.2. The van der Waals surface area contributed by atoms with Crippen molar-refractivity contribution < 1.29 is 18.7 Å². The van der Waals surface area contributed by atoms with Gasteiger partial charge in [-0.1, -0.05) is 0 Å². The van der Waals surface area contributed by atoms with Crippen LogP contribution >= 0.6 is 11.3 Å². The first kappa shape index (κ1) is 16.1. The summed E-state index contributed by atoms with van der Waals surface area (Å²) in [6, 6.07) is 5.82. The van der Waals surface area contributed by atoms with E-state index in [1.807, 2.05) is 0 Å². The SMILES string of the molecule is CCOC(=O)Cc1csc(NC(=O)c2cc3cc(F)ccc3[nH]2)n1. The second-order valence-corrected chi connectivity index (χ2v) is 5.85. The van der Waals surface area contributed by atoms with Crippen molar-refractivity contribution in [1.29, 1.82) is 0 Å². The summed E-state index contributed by atoms with van der Waals surface area (Å²) in [5.74, 6) is -1.11. The van der Waals surface area contributed by atoms with Crippen molar-refractivity contribution >= 4 is 39.2 Å². The number of halogens is 1. The first-order chi connectivity index (χ1) is 11.5. The molecule has 3 rings (SSSR count). The van der Waals surface area contributed by atoms with Crippen LogP contribution in [0, 0.1) is 5.82 Å². The highest BCUT2D eigenvalue weighted by atomic mass is 32.1. The molecule has 0 bridgehead atoms. The summed E-state index contributed by atoms with van der Waals surface area (Å²) in [7, 11) is 0. The highest BCUT2D eigenvalue weighted by molar-refractivity contribution is 7.14. The van der Waals surface area contributed by atoms with Gasteiger partial charge in [0.2, 0.25) is 0 Å². The van der Waals surface area contributed by atoms with E-state index in [2.05, 4.69) is 15.3 Å². The van der Waals surface area contributed by atoms with E-state index in [0.717, 1.165) is 0 Å². The Morgan fingerprint density at radius 3 is 3.00 bits per heavy atom. The summed E-state index contributed by atoms with van der Waals surface area (Å²) >= 11 is 1.22. The van der Waals surface area contributed by atoms with E-state index in [4.69, 9.17) is 4.74 Å². The van der Waals surface area contributed by atoms with Gasteiger partial charge < -0.3 is 9.72 Å². The van der Waals surface area contributed by atoms with Gasteiger partial charge in [0.25, 0.3) is 5.91 Å². The Hall–Kier alpha value is -2.74. The minimum atomic E-state index is -0.386. The summed E-state index contributed by atoms with van der Waals surface area (Å²) in [6.45, 7) is 2.05. The Morgan fingerprint density at radius 1 is 1.38 bits per heavy atom. The van der Waals surface area contributed by atoms with Crippen LogP contribution in [-0.2, 0) is 16.0 Å². The third-order valence-electron chi connectivity index (χ3n) is 3.23. The van der Waals surface area contributed by atoms with Crippen LogP contribution in [-0.4, -0.2) is 28.5 Å². The molecule has 124 valence electrons. The first-order valence-electron chi connectivity index (χ1n) is 7.25. The molecule has 0 aliphatic heterocycles. The van der Waals surface area contributed by atoms with Crippen molar-refractivity contribution in [2.75, 3.05) is 11.9 Å². The smallest absolute Gasteiger partial charge is 0.311 e. The number of fused-ring (bicyclic) bond motifs is 1. The van der Waals surface area contributed by atoms with E-state index < -0.39 is 0 Å². The number of ether oxygens (including phenoxy) is 1. The van der Waals surface area contributed by atoms with Crippen LogP contribution in [0.1, 0.15) is 23.1 Å². The first-order valence-corrected chi connectivity index (χ1v) is 8.12. The van der Waals surface area contributed by atoms with E-state index in [1.54, 1.807) is 24.4 Å². The van der Waals surface area contributed by atoms with Crippen molar-refractivity contribution in [3.05, 3.63) is 46.9 Å². The van der Waals surface area contributed by atoms with Crippen LogP contribution < -0.4 is 5.32 Å². The fourth-order valence-corrected chi connectivity index (χ4v) is 2.90. The van der Waals surface area contributed by atoms with Crippen molar-refractivity contribution in [3.8, 4) is 0 Å². The van der Waals surface area contributed by atoms with E-state index in [-0.39, 0.29) is 24.1 Å². The molecule has 1 aromatic carbocycles. The molecule has 0 atom stereocenters. The Balaban J connectivity index is 1.69. The highest BCUT2D eigenvalue weighted by Crippen LogP contribution is 2.20. The van der Waals surface area contributed by atoms with Gasteiger partial charge in [-0.15, -0.1) is 11.3 Å². The molecule has 2 heterocycles. The van der Waals surface area contributed by atoms with Gasteiger partial charge in [0.1, 0.15) is 11.5 Å². The number of anilines is 1. The number of H-pyrrole nitrogens is 1. The quantitative estimate of drug-likeness (QED) is 0.695. The number of carbonyl (C=O) groups excluding carboxylic acids is 2. The summed E-state index contributed by atoms with van der Waals surface area (Å²) in [5.41, 5.74) is 1.51. The number of benzene rings is 1. The zero-order valence-corrected chi connectivity index (χ0v) is 13.6. The Kier molecular flexibility index (Phi) is 4.57. The minimum Gasteiger partial charge on any atom is -0.466 e. The van der Waals surface area contributed by atoms with Crippen LogP contribution in [0.25, 0.3) is 10.9 Å². The predicted molar refractivity (Wildman–Crippen MR) is 88.7 cm³/mol. The molecule has 0 aliphatic rings. The lowest BCUT2D eigenvalue weighted by Gasteiger charge is -1.99. The number of nitrogens with zero attached hydrogens (tertiary/aromatic N) is 1. The van der Waals surface area contributed by atoms with Gasteiger partial charge in [0, 0.05) is 16.3 Å². The maximum absolute atomic E-state index is 13.2. The highest BCUT2D eigenvalue weighted by Gasteiger charge is 2.13. The average molecular weight is 347 g/mol. The maximum Gasteiger partial charge on any atom is 0.311 e. The van der Waals surface area contributed by atoms with Gasteiger partial charge >= 0.3 is 5.97 Å². The number of thiazole rings is 1. The van der Waals surface area contributed by atoms with Crippen LogP contribution in [0.15, 0.2) is 29.6 Å². The zero-order chi connectivity index (χ0) is 17.1. The number of hydrogen-bond acceptors (Lipinski definition) is 5. The number of hydrogen-bond donors (Lipinski definition) is 2. The fraction of sp³-hybridized carbons (Fsp3) is 0.188. The molecule has 0 saturated carbocycles. The number of carbonyl (C=O) groups is 2. The molecule has 0 radical (unpaired) electrons. The molecule has 1 amide bonds. The summed E-state index contributed by atoms with van der Waals surface area (Å²) in [5, 5.41) is 5.33. The fourth-order valence-electron chi connectivity index (χ4n) is 2.20. The van der Waals surface area contributed by atoms with Gasteiger partial charge in [0.05, 0.1) is 18.7 Å². The largest absolute Gasteiger partial charge is 0.466 e. The number of nitrogens with one attached hydrogen (secondary N) is 2. The second-order valence-electron chi connectivity index (χ2n) is 4.99. The number of aromatic nitrogens is 2. The van der Waals surface area contributed by atoms with E-state index in [9.17, 15) is 14.0 Å². The predicted octanol–water partition coefficient (Wildman–Crippen LogP) is 3.12. The van der Waals surface area contributed by atoms with Crippen LogP contribution in [0.3, 0.4) is 0 Å². The number of aromatic amines is 1. The second kappa shape index (κ2) is 6.79. The van der Waals surface area contributed by atoms with Crippen LogP contribution in [0.4, 0.5) is 9.52 Å². The number of esters is 1. The van der Waals surface area contributed by atoms with E-state index >= 15 is 0 Å². The third-order valence-corrected chi connectivity index (χ3v) is 4.04. The molecule has 2 aromatic heterocycles. The Morgan fingerprint density at radius 2 is 2.21 bits per heavy atom. The van der Waals surface area contributed by atoms with Crippen molar-refractivity contribution in [3.63, 3.8) is 0 Å². The van der Waals surface area contributed by atoms with Gasteiger partial charge in [-0.25, -0.2) is 9.37 Å². The van der Waals surface area contributed by atoms with E-state index in [1.165, 1.54) is 23.5 Å². The molecular formula is C16H14FN3O3S. The van der Waals surface area contributed by atoms with E-state index in [0.29, 0.717) is 34.0 Å². The monoisotopic (exact) mass is 347 g/mol. The van der Waals surface area contributed by atoms with Crippen LogP contribution in [0.2, 0.25) is 0 Å². The lowest BCUT2D eigenvalue weighted by molar-refractivity contribution is -0.142. The van der Waals surface area contributed by atoms with Crippen molar-refractivity contribution in [2.45, 2.75) is 13.3 Å². The number of amides is 1. The third kappa shape index (κ3) is 3.60. The van der Waals surface area contributed by atoms with Crippen molar-refractivity contribution in [1.82, 2.24) is 9.97 Å². The minimum absolute atomic E-state index is 0.0614. The summed E-state index contributed by atoms with van der Waals surface area (Å²) in [4.78, 5) is 30.8. The van der Waals surface area contributed by atoms with Gasteiger partial charge in [-0.3, -0.25) is 14.9 Å². The van der Waals surface area contributed by atoms with Gasteiger partial charge in [-0.2, -0.15) is 0 Å². The molecule has 2 N–H and O–H groups in total. The molecule has 0 aliphatic carbocycles. The zero-order valence-electron chi connectivity index (χ0n) is 12.8. The van der Waals surface area contributed by atoms with Gasteiger partial charge in [0.15, 0.2) is 5.13 Å². The van der Waals surface area contributed by atoms with Crippen molar-refractivity contribution in [2.24, 2.45) is 0 Å². The summed E-state index contributed by atoms with van der Waals surface area (Å²) in [6.07, 6.45) is 0.0614. The molecule has 8 heteroatoms. The normalized spacial score (nSPS) is 10.8. The number of rotatable bonds is 5. The summed E-state index contributed by atoms with van der Waals surface area (Å²) < 4.78 is 18.0. The molecule has 6 nitrogen and oxygen atoms in total. The molecule has 0 spiro atoms. The Bertz CT molecular complexity index is 903.